The van der Waals surface area contributed by atoms with Crippen molar-refractivity contribution in [3.8, 4) is 0 Å². The molecular formula is C20H25N3O2S. The molecule has 0 bridgehead atoms. The van der Waals surface area contributed by atoms with Gasteiger partial charge in [-0.1, -0.05) is 12.1 Å². The number of sulfonamides is 1. The van der Waals surface area contributed by atoms with Crippen LogP contribution in [0.15, 0.2) is 47.6 Å². The molecule has 2 heterocycles. The van der Waals surface area contributed by atoms with Crippen molar-refractivity contribution in [3.63, 3.8) is 0 Å². The molecule has 0 amide bonds. The topological polar surface area (TPSA) is 53.5 Å². The van der Waals surface area contributed by atoms with Crippen molar-refractivity contribution < 1.29 is 8.42 Å². The molecule has 138 valence electrons. The highest BCUT2D eigenvalue weighted by atomic mass is 32.2. The lowest BCUT2D eigenvalue weighted by atomic mass is 9.92. The lowest BCUT2D eigenvalue weighted by Crippen LogP contribution is -2.48. The Morgan fingerprint density at radius 2 is 1.73 bits per heavy atom. The van der Waals surface area contributed by atoms with Gasteiger partial charge in [0.1, 0.15) is 0 Å². The minimum absolute atomic E-state index is 0.457. The van der Waals surface area contributed by atoms with Crippen LogP contribution in [0.3, 0.4) is 0 Å². The molecule has 5 nitrogen and oxygen atoms in total. The maximum absolute atomic E-state index is 13.0. The third-order valence-corrected chi connectivity index (χ3v) is 7.31. The van der Waals surface area contributed by atoms with Gasteiger partial charge in [0.05, 0.1) is 4.90 Å². The highest BCUT2D eigenvalue weighted by Crippen LogP contribution is 2.26. The van der Waals surface area contributed by atoms with E-state index in [1.54, 1.807) is 16.6 Å². The Morgan fingerprint density at radius 1 is 0.962 bits per heavy atom. The van der Waals surface area contributed by atoms with Crippen molar-refractivity contribution in [3.05, 3.63) is 59.4 Å². The molecule has 0 radical (unpaired) electrons. The maximum atomic E-state index is 13.0. The van der Waals surface area contributed by atoms with E-state index in [1.807, 2.05) is 24.4 Å². The van der Waals surface area contributed by atoms with E-state index in [9.17, 15) is 8.42 Å². The molecule has 6 heteroatoms. The van der Waals surface area contributed by atoms with Crippen molar-refractivity contribution in [1.29, 1.82) is 0 Å². The molecule has 1 aromatic carbocycles. The van der Waals surface area contributed by atoms with Crippen LogP contribution in [0, 0.1) is 0 Å². The van der Waals surface area contributed by atoms with Gasteiger partial charge in [0.2, 0.25) is 10.0 Å². The van der Waals surface area contributed by atoms with E-state index in [1.165, 1.54) is 23.1 Å². The van der Waals surface area contributed by atoms with Crippen molar-refractivity contribution in [2.24, 2.45) is 0 Å². The number of nitrogens with zero attached hydrogens (tertiary/aromatic N) is 3. The number of pyridine rings is 1. The second-order valence-corrected chi connectivity index (χ2v) is 9.12. The molecule has 2 aliphatic rings. The first-order chi connectivity index (χ1) is 12.6. The number of benzene rings is 1. The van der Waals surface area contributed by atoms with Crippen LogP contribution >= 0.6 is 0 Å². The Bertz CT molecular complexity index is 860. The minimum atomic E-state index is -3.40. The summed E-state index contributed by atoms with van der Waals surface area (Å²) in [6, 6.07) is 9.71. The Morgan fingerprint density at radius 3 is 2.46 bits per heavy atom. The van der Waals surface area contributed by atoms with Crippen LogP contribution in [0.25, 0.3) is 0 Å². The summed E-state index contributed by atoms with van der Waals surface area (Å²) in [5, 5.41) is 0. The van der Waals surface area contributed by atoms with Gasteiger partial charge in [-0.25, -0.2) is 8.42 Å². The lowest BCUT2D eigenvalue weighted by Gasteiger charge is -2.34. The monoisotopic (exact) mass is 371 g/mol. The van der Waals surface area contributed by atoms with Gasteiger partial charge >= 0.3 is 0 Å². The van der Waals surface area contributed by atoms with Crippen molar-refractivity contribution >= 4 is 10.0 Å². The third-order valence-electron chi connectivity index (χ3n) is 5.42. The zero-order valence-electron chi connectivity index (χ0n) is 15.0. The van der Waals surface area contributed by atoms with E-state index < -0.39 is 10.0 Å². The summed E-state index contributed by atoms with van der Waals surface area (Å²) in [6.07, 6.45) is 8.07. The average Bonchev–Trinajstić information content (AvgIpc) is 2.69. The quantitative estimate of drug-likeness (QED) is 0.829. The van der Waals surface area contributed by atoms with Crippen molar-refractivity contribution in [1.82, 2.24) is 14.2 Å². The molecule has 0 unspecified atom stereocenters. The molecule has 0 N–H and O–H groups in total. The van der Waals surface area contributed by atoms with E-state index in [4.69, 9.17) is 0 Å². The molecule has 1 aliphatic heterocycles. The number of rotatable bonds is 4. The second-order valence-electron chi connectivity index (χ2n) is 7.18. The van der Waals surface area contributed by atoms with E-state index in [0.717, 1.165) is 38.9 Å². The number of hydrogen-bond donors (Lipinski definition) is 0. The van der Waals surface area contributed by atoms with Gasteiger partial charge in [-0.3, -0.25) is 9.88 Å². The summed E-state index contributed by atoms with van der Waals surface area (Å²) in [5.41, 5.74) is 3.70. The van der Waals surface area contributed by atoms with Crippen LogP contribution in [0.1, 0.15) is 29.5 Å². The Hall–Kier alpha value is -1.76. The van der Waals surface area contributed by atoms with E-state index in [2.05, 4.69) is 16.0 Å². The number of hydrogen-bond acceptors (Lipinski definition) is 4. The summed E-state index contributed by atoms with van der Waals surface area (Å²) >= 11 is 0. The largest absolute Gasteiger partial charge is 0.296 e. The SMILES string of the molecule is O=S(=O)(c1ccc2c(c1)CCCC2)N1CCN(Cc2cccnc2)CC1. The van der Waals surface area contributed by atoms with Crippen LogP contribution in [0.4, 0.5) is 0 Å². The Balaban J connectivity index is 1.43. The highest BCUT2D eigenvalue weighted by Gasteiger charge is 2.29. The molecule has 1 saturated heterocycles. The van der Waals surface area contributed by atoms with Gasteiger partial charge < -0.3 is 0 Å². The molecular weight excluding hydrogens is 346 g/mol. The van der Waals surface area contributed by atoms with Gasteiger partial charge in [0, 0.05) is 45.1 Å². The zero-order valence-corrected chi connectivity index (χ0v) is 15.8. The Kier molecular flexibility index (Phi) is 5.07. The summed E-state index contributed by atoms with van der Waals surface area (Å²) in [7, 11) is -3.40. The molecule has 2 aromatic rings. The van der Waals surface area contributed by atoms with Crippen LogP contribution in [0.5, 0.6) is 0 Å². The predicted molar refractivity (Wildman–Crippen MR) is 101 cm³/mol. The standard InChI is InChI=1S/C20H25N3O2S/c24-26(25,20-8-7-18-5-1-2-6-19(18)14-20)23-12-10-22(11-13-23)16-17-4-3-9-21-15-17/h3-4,7-9,14-15H,1-2,5-6,10-13,16H2. The molecule has 1 aromatic heterocycles. The smallest absolute Gasteiger partial charge is 0.243 e. The fraction of sp³-hybridized carbons (Fsp3) is 0.450. The number of aromatic nitrogens is 1. The van der Waals surface area contributed by atoms with Crippen molar-refractivity contribution in [2.75, 3.05) is 26.2 Å². The first-order valence-electron chi connectivity index (χ1n) is 9.36. The van der Waals surface area contributed by atoms with Crippen LogP contribution in [-0.2, 0) is 29.4 Å². The average molecular weight is 372 g/mol. The fourth-order valence-electron chi connectivity index (χ4n) is 3.90. The molecule has 0 atom stereocenters. The van der Waals surface area contributed by atoms with Gasteiger partial charge in [0.25, 0.3) is 0 Å². The summed E-state index contributed by atoms with van der Waals surface area (Å²) in [5.74, 6) is 0. The van der Waals surface area contributed by atoms with Crippen LogP contribution < -0.4 is 0 Å². The first-order valence-corrected chi connectivity index (χ1v) is 10.8. The second kappa shape index (κ2) is 7.47. The van der Waals surface area contributed by atoms with Gasteiger partial charge in [-0.05, 0) is 60.6 Å². The van der Waals surface area contributed by atoms with Gasteiger partial charge in [-0.15, -0.1) is 0 Å². The van der Waals surface area contributed by atoms with E-state index in [-0.39, 0.29) is 0 Å². The number of fused-ring (bicyclic) bond motifs is 1. The molecule has 26 heavy (non-hydrogen) atoms. The number of aryl methyl sites for hydroxylation is 2. The van der Waals surface area contributed by atoms with Gasteiger partial charge in [-0.2, -0.15) is 4.31 Å². The minimum Gasteiger partial charge on any atom is -0.296 e. The molecule has 0 saturated carbocycles. The molecule has 0 spiro atoms. The number of piperazine rings is 1. The van der Waals surface area contributed by atoms with Crippen molar-refractivity contribution in [2.45, 2.75) is 37.1 Å². The first kappa shape index (κ1) is 17.6. The predicted octanol–water partition coefficient (Wildman–Crippen LogP) is 2.47. The normalized spacial score (nSPS) is 19.2. The maximum Gasteiger partial charge on any atom is 0.243 e. The lowest BCUT2D eigenvalue weighted by molar-refractivity contribution is 0.181. The van der Waals surface area contributed by atoms with E-state index in [0.29, 0.717) is 18.0 Å². The Labute approximate surface area is 155 Å². The third kappa shape index (κ3) is 3.68. The summed E-state index contributed by atoms with van der Waals surface area (Å²) in [6.45, 7) is 3.40. The summed E-state index contributed by atoms with van der Waals surface area (Å²) < 4.78 is 27.7. The highest BCUT2D eigenvalue weighted by molar-refractivity contribution is 7.89. The molecule has 1 fully saturated rings. The van der Waals surface area contributed by atoms with Crippen LogP contribution in [0.2, 0.25) is 0 Å². The fourth-order valence-corrected chi connectivity index (χ4v) is 5.37. The van der Waals surface area contributed by atoms with Gasteiger partial charge in [0.15, 0.2) is 0 Å². The zero-order chi connectivity index (χ0) is 18.0. The molecule has 1 aliphatic carbocycles. The molecule has 4 rings (SSSR count). The van der Waals surface area contributed by atoms with Crippen LogP contribution in [-0.4, -0.2) is 48.8 Å². The summed E-state index contributed by atoms with van der Waals surface area (Å²) in [4.78, 5) is 6.89. The van der Waals surface area contributed by atoms with E-state index >= 15 is 0 Å².